The zero-order chi connectivity index (χ0) is 16.0. The quantitative estimate of drug-likeness (QED) is 0.439. The molecule has 114 valence electrons. The van der Waals surface area contributed by atoms with Crippen LogP contribution in [0.1, 0.15) is 5.56 Å². The number of aryl methyl sites for hydroxylation is 1. The van der Waals surface area contributed by atoms with Crippen molar-refractivity contribution < 1.29 is 24.0 Å². The van der Waals surface area contributed by atoms with Gasteiger partial charge in [-0.05, 0) is 18.6 Å². The first-order chi connectivity index (χ1) is 9.88. The van der Waals surface area contributed by atoms with E-state index in [0.29, 0.717) is 0 Å². The molecule has 8 nitrogen and oxygen atoms in total. The maximum Gasteiger partial charge on any atom is 0.325 e. The van der Waals surface area contributed by atoms with Gasteiger partial charge in [-0.2, -0.15) is 0 Å². The fourth-order valence-electron chi connectivity index (χ4n) is 1.71. The number of methoxy groups -OCH3 is 2. The molecular weight excluding hydrogens is 280 g/mol. The van der Waals surface area contributed by atoms with Gasteiger partial charge in [-0.3, -0.25) is 19.7 Å². The summed E-state index contributed by atoms with van der Waals surface area (Å²) in [6, 6.07) is 4.44. The van der Waals surface area contributed by atoms with Gasteiger partial charge in [-0.25, -0.2) is 0 Å². The molecule has 0 spiro atoms. The van der Waals surface area contributed by atoms with Crippen LogP contribution < -0.4 is 4.90 Å². The van der Waals surface area contributed by atoms with E-state index in [1.807, 2.05) is 0 Å². The number of rotatable bonds is 6. The van der Waals surface area contributed by atoms with Gasteiger partial charge in [0.15, 0.2) is 0 Å². The normalized spacial score (nSPS) is 9.86. The van der Waals surface area contributed by atoms with E-state index in [0.717, 1.165) is 5.56 Å². The molecule has 0 aromatic heterocycles. The summed E-state index contributed by atoms with van der Waals surface area (Å²) in [7, 11) is 2.40. The lowest BCUT2D eigenvalue weighted by Gasteiger charge is -2.22. The molecule has 1 aromatic carbocycles. The molecule has 0 unspecified atom stereocenters. The molecule has 1 aromatic rings. The summed E-state index contributed by atoms with van der Waals surface area (Å²) >= 11 is 0. The second-order valence-electron chi connectivity index (χ2n) is 4.26. The maximum atomic E-state index is 11.4. The predicted octanol–water partition coefficient (Wildman–Crippen LogP) is 1.06. The molecule has 0 saturated carbocycles. The highest BCUT2D eigenvalue weighted by Crippen LogP contribution is 2.29. The monoisotopic (exact) mass is 296 g/mol. The average molecular weight is 296 g/mol. The average Bonchev–Trinajstić information content (AvgIpc) is 2.45. The number of nitro groups is 1. The molecule has 21 heavy (non-hydrogen) atoms. The Morgan fingerprint density at radius 2 is 1.71 bits per heavy atom. The van der Waals surface area contributed by atoms with Crippen LogP contribution in [0.15, 0.2) is 18.2 Å². The molecule has 0 atom stereocenters. The van der Waals surface area contributed by atoms with Gasteiger partial charge < -0.3 is 14.4 Å². The van der Waals surface area contributed by atoms with Gasteiger partial charge in [0.2, 0.25) is 0 Å². The van der Waals surface area contributed by atoms with Crippen LogP contribution in [0.4, 0.5) is 11.4 Å². The molecule has 0 N–H and O–H groups in total. The summed E-state index contributed by atoms with van der Waals surface area (Å²) in [5.41, 5.74) is 0.722. The second kappa shape index (κ2) is 7.22. The number of ether oxygens (including phenoxy) is 2. The van der Waals surface area contributed by atoms with Crippen LogP contribution >= 0.6 is 0 Å². The molecular formula is C13H16N2O6. The van der Waals surface area contributed by atoms with Crippen LogP contribution in [-0.2, 0) is 19.1 Å². The molecule has 0 saturated heterocycles. The van der Waals surface area contributed by atoms with E-state index in [4.69, 9.17) is 0 Å². The fourth-order valence-corrected chi connectivity index (χ4v) is 1.71. The number of benzene rings is 1. The summed E-state index contributed by atoms with van der Waals surface area (Å²) in [4.78, 5) is 34.7. The second-order valence-corrected chi connectivity index (χ2v) is 4.26. The van der Waals surface area contributed by atoms with E-state index in [9.17, 15) is 19.7 Å². The molecule has 8 heteroatoms. The van der Waals surface area contributed by atoms with Crippen LogP contribution in [0.5, 0.6) is 0 Å². The largest absolute Gasteiger partial charge is 0.468 e. The van der Waals surface area contributed by atoms with Crippen molar-refractivity contribution in [3.63, 3.8) is 0 Å². The van der Waals surface area contributed by atoms with Crippen molar-refractivity contribution in [2.45, 2.75) is 6.92 Å². The van der Waals surface area contributed by atoms with Crippen LogP contribution in [0, 0.1) is 17.0 Å². The number of carbonyl (C=O) groups excluding carboxylic acids is 2. The first kappa shape index (κ1) is 16.4. The third kappa shape index (κ3) is 4.44. The summed E-state index contributed by atoms with van der Waals surface area (Å²) in [5.74, 6) is -1.23. The number of nitrogens with zero attached hydrogens (tertiary/aromatic N) is 2. The van der Waals surface area contributed by atoms with E-state index in [-0.39, 0.29) is 24.5 Å². The van der Waals surface area contributed by atoms with Crippen molar-refractivity contribution in [2.75, 3.05) is 32.2 Å². The minimum absolute atomic E-state index is 0.163. The minimum Gasteiger partial charge on any atom is -0.468 e. The van der Waals surface area contributed by atoms with Gasteiger partial charge in [0.05, 0.1) is 19.1 Å². The lowest BCUT2D eigenvalue weighted by Crippen LogP contribution is -2.36. The first-order valence-corrected chi connectivity index (χ1v) is 6.02. The van der Waals surface area contributed by atoms with Crippen molar-refractivity contribution in [3.8, 4) is 0 Å². The van der Waals surface area contributed by atoms with Crippen molar-refractivity contribution >= 4 is 23.3 Å². The molecule has 0 fully saturated rings. The molecule has 0 bridgehead atoms. The van der Waals surface area contributed by atoms with E-state index in [2.05, 4.69) is 9.47 Å². The zero-order valence-electron chi connectivity index (χ0n) is 12.0. The van der Waals surface area contributed by atoms with Crippen molar-refractivity contribution in [1.29, 1.82) is 0 Å². The van der Waals surface area contributed by atoms with Crippen molar-refractivity contribution in [2.24, 2.45) is 0 Å². The number of hydrogen-bond donors (Lipinski definition) is 0. The lowest BCUT2D eigenvalue weighted by atomic mass is 10.1. The van der Waals surface area contributed by atoms with Gasteiger partial charge in [0.1, 0.15) is 18.8 Å². The molecule has 0 amide bonds. The molecule has 0 heterocycles. The zero-order valence-corrected chi connectivity index (χ0v) is 12.0. The van der Waals surface area contributed by atoms with Gasteiger partial charge in [-0.1, -0.05) is 6.07 Å². The Hall–Kier alpha value is -2.64. The number of esters is 2. The third-order valence-corrected chi connectivity index (χ3v) is 2.76. The molecule has 0 aliphatic heterocycles. The Kier molecular flexibility index (Phi) is 5.65. The smallest absolute Gasteiger partial charge is 0.325 e. The highest BCUT2D eigenvalue weighted by Gasteiger charge is 2.24. The summed E-state index contributed by atoms with van der Waals surface area (Å²) in [5, 5.41) is 11.1. The topological polar surface area (TPSA) is 99.0 Å². The SMILES string of the molecule is COC(=O)CN(CC(=O)OC)c1cc(C)ccc1[N+](=O)[O-]. The van der Waals surface area contributed by atoms with E-state index < -0.39 is 16.9 Å². The summed E-state index contributed by atoms with van der Waals surface area (Å²) in [6.45, 7) is 1.16. The Balaban J connectivity index is 3.23. The van der Waals surface area contributed by atoms with Gasteiger partial charge in [-0.15, -0.1) is 0 Å². The Labute approximate surface area is 121 Å². The highest BCUT2D eigenvalue weighted by atomic mass is 16.6. The van der Waals surface area contributed by atoms with Crippen LogP contribution in [0.25, 0.3) is 0 Å². The van der Waals surface area contributed by atoms with Crippen LogP contribution in [0.3, 0.4) is 0 Å². The standard InChI is InChI=1S/C13H16N2O6/c1-9-4-5-10(15(18)19)11(6-9)14(7-12(16)20-2)8-13(17)21-3/h4-6H,7-8H2,1-3H3. The summed E-state index contributed by atoms with van der Waals surface area (Å²) in [6.07, 6.45) is 0. The number of anilines is 1. The van der Waals surface area contributed by atoms with Crippen molar-refractivity contribution in [3.05, 3.63) is 33.9 Å². The Morgan fingerprint density at radius 3 is 2.14 bits per heavy atom. The van der Waals surface area contributed by atoms with Crippen LogP contribution in [0.2, 0.25) is 0 Å². The number of nitro benzene ring substituents is 1. The van der Waals surface area contributed by atoms with Crippen molar-refractivity contribution in [1.82, 2.24) is 0 Å². The minimum atomic E-state index is -0.616. The lowest BCUT2D eigenvalue weighted by molar-refractivity contribution is -0.384. The number of carbonyl (C=O) groups is 2. The highest BCUT2D eigenvalue weighted by molar-refractivity contribution is 5.83. The van der Waals surface area contributed by atoms with E-state index >= 15 is 0 Å². The first-order valence-electron chi connectivity index (χ1n) is 6.02. The van der Waals surface area contributed by atoms with Gasteiger partial charge >= 0.3 is 11.9 Å². The van der Waals surface area contributed by atoms with Crippen LogP contribution in [-0.4, -0.2) is 44.2 Å². The Bertz CT molecular complexity index is 540. The molecule has 1 rings (SSSR count). The molecule has 0 radical (unpaired) electrons. The summed E-state index contributed by atoms with van der Waals surface area (Å²) < 4.78 is 9.09. The molecule has 0 aliphatic rings. The molecule has 0 aliphatic carbocycles. The third-order valence-electron chi connectivity index (χ3n) is 2.76. The van der Waals surface area contributed by atoms with Gasteiger partial charge in [0.25, 0.3) is 5.69 Å². The predicted molar refractivity (Wildman–Crippen MR) is 74.1 cm³/mol. The maximum absolute atomic E-state index is 11.4. The van der Waals surface area contributed by atoms with E-state index in [1.54, 1.807) is 13.0 Å². The van der Waals surface area contributed by atoms with Gasteiger partial charge in [0, 0.05) is 6.07 Å². The number of hydrogen-bond acceptors (Lipinski definition) is 7. The van der Waals surface area contributed by atoms with E-state index in [1.165, 1.54) is 31.3 Å². The fraction of sp³-hybridized carbons (Fsp3) is 0.385. The Morgan fingerprint density at radius 1 is 1.19 bits per heavy atom.